The van der Waals surface area contributed by atoms with Crippen molar-refractivity contribution in [2.75, 3.05) is 0 Å². The molecule has 0 amide bonds. The Morgan fingerprint density at radius 1 is 1.50 bits per heavy atom. The van der Waals surface area contributed by atoms with E-state index in [9.17, 15) is 0 Å². The Kier molecular flexibility index (Phi) is 5.32. The summed E-state index contributed by atoms with van der Waals surface area (Å²) in [6.45, 7) is 8.01. The Hall–Kier alpha value is -0.300. The Morgan fingerprint density at radius 2 is 2.10 bits per heavy atom. The van der Waals surface area contributed by atoms with Gasteiger partial charge in [0, 0.05) is 6.04 Å². The molecule has 0 radical (unpaired) electrons. The molecule has 0 unspecified atom stereocenters. The molecule has 10 heavy (non-hydrogen) atoms. The van der Waals surface area contributed by atoms with Gasteiger partial charge in [-0.25, -0.2) is 0 Å². The molecule has 60 valence electrons. The summed E-state index contributed by atoms with van der Waals surface area (Å²) in [6, 6.07) is 0.228. The molecular formula is C9H19N. The number of nitrogens with two attached hydrogens (primary N) is 1. The lowest BCUT2D eigenvalue weighted by molar-refractivity contribution is 0.607. The lowest BCUT2D eigenvalue weighted by Crippen LogP contribution is -2.20. The van der Waals surface area contributed by atoms with Gasteiger partial charge in [0.25, 0.3) is 0 Å². The lowest BCUT2D eigenvalue weighted by atomic mass is 10.0. The van der Waals surface area contributed by atoms with Crippen molar-refractivity contribution in [2.45, 2.75) is 45.6 Å². The smallest absolute Gasteiger partial charge is 0.0248 e. The zero-order chi connectivity index (χ0) is 7.98. The summed E-state index contributed by atoms with van der Waals surface area (Å²) in [6.07, 6.45) is 4.90. The Labute approximate surface area is 64.3 Å². The summed E-state index contributed by atoms with van der Waals surface area (Å²) in [5.41, 5.74) is 6.87. The molecule has 0 fully saturated rings. The monoisotopic (exact) mass is 141 g/mol. The van der Waals surface area contributed by atoms with Crippen molar-refractivity contribution in [1.82, 2.24) is 0 Å². The minimum absolute atomic E-state index is 0.228. The van der Waals surface area contributed by atoms with Gasteiger partial charge in [0.15, 0.2) is 0 Å². The van der Waals surface area contributed by atoms with Gasteiger partial charge >= 0.3 is 0 Å². The third-order valence-corrected chi connectivity index (χ3v) is 1.75. The second kappa shape index (κ2) is 5.48. The van der Waals surface area contributed by atoms with Crippen molar-refractivity contribution in [3.05, 3.63) is 12.2 Å². The molecule has 0 aliphatic rings. The van der Waals surface area contributed by atoms with Crippen LogP contribution in [-0.2, 0) is 0 Å². The predicted molar refractivity (Wildman–Crippen MR) is 46.9 cm³/mol. The minimum atomic E-state index is 0.228. The molecule has 0 saturated heterocycles. The standard InChI is InChI=1S/C9H19N/c1-4-5-6-7-9(10)8(2)3/h9H,2,4-7,10H2,1,3H3/t9-/m1/s1. The quantitative estimate of drug-likeness (QED) is 0.462. The molecule has 0 bridgehead atoms. The SMILES string of the molecule is C=C(C)[C@H](N)CCCCC. The van der Waals surface area contributed by atoms with Gasteiger partial charge in [-0.3, -0.25) is 0 Å². The van der Waals surface area contributed by atoms with Gasteiger partial charge in [0.2, 0.25) is 0 Å². The van der Waals surface area contributed by atoms with Crippen LogP contribution in [0.25, 0.3) is 0 Å². The fourth-order valence-electron chi connectivity index (χ4n) is 0.861. The van der Waals surface area contributed by atoms with Crippen molar-refractivity contribution >= 4 is 0 Å². The molecule has 1 heteroatoms. The largest absolute Gasteiger partial charge is 0.324 e. The van der Waals surface area contributed by atoms with Gasteiger partial charge in [-0.15, -0.1) is 0 Å². The molecule has 0 rings (SSSR count). The lowest BCUT2D eigenvalue weighted by Gasteiger charge is -2.09. The van der Waals surface area contributed by atoms with Crippen LogP contribution in [0.4, 0.5) is 0 Å². The molecular weight excluding hydrogens is 122 g/mol. The summed E-state index contributed by atoms with van der Waals surface area (Å²) < 4.78 is 0. The second-order valence-electron chi connectivity index (χ2n) is 2.95. The molecule has 0 aliphatic heterocycles. The van der Waals surface area contributed by atoms with Crippen molar-refractivity contribution in [1.29, 1.82) is 0 Å². The summed E-state index contributed by atoms with van der Waals surface area (Å²) in [5, 5.41) is 0. The minimum Gasteiger partial charge on any atom is -0.324 e. The third-order valence-electron chi connectivity index (χ3n) is 1.75. The van der Waals surface area contributed by atoms with Crippen molar-refractivity contribution in [3.63, 3.8) is 0 Å². The highest BCUT2D eigenvalue weighted by Crippen LogP contribution is 2.06. The van der Waals surface area contributed by atoms with Gasteiger partial charge in [0.1, 0.15) is 0 Å². The van der Waals surface area contributed by atoms with E-state index in [1.54, 1.807) is 0 Å². The van der Waals surface area contributed by atoms with Crippen LogP contribution >= 0.6 is 0 Å². The van der Waals surface area contributed by atoms with Crippen molar-refractivity contribution in [3.8, 4) is 0 Å². The van der Waals surface area contributed by atoms with Gasteiger partial charge < -0.3 is 5.73 Å². The van der Waals surface area contributed by atoms with E-state index in [0.717, 1.165) is 12.0 Å². The number of hydrogen-bond donors (Lipinski definition) is 1. The topological polar surface area (TPSA) is 26.0 Å². The Balaban J connectivity index is 3.21. The summed E-state index contributed by atoms with van der Waals surface area (Å²) in [7, 11) is 0. The zero-order valence-electron chi connectivity index (χ0n) is 7.19. The highest BCUT2D eigenvalue weighted by Gasteiger charge is 2.00. The molecule has 0 aromatic carbocycles. The zero-order valence-corrected chi connectivity index (χ0v) is 7.19. The Bertz CT molecular complexity index is 96.9. The fraction of sp³-hybridized carbons (Fsp3) is 0.778. The first-order valence-electron chi connectivity index (χ1n) is 4.09. The highest BCUT2D eigenvalue weighted by atomic mass is 14.6. The fourth-order valence-corrected chi connectivity index (χ4v) is 0.861. The van der Waals surface area contributed by atoms with E-state index in [1.165, 1.54) is 19.3 Å². The van der Waals surface area contributed by atoms with Gasteiger partial charge in [-0.05, 0) is 13.3 Å². The molecule has 0 aliphatic carbocycles. The van der Waals surface area contributed by atoms with E-state index >= 15 is 0 Å². The molecule has 0 aromatic heterocycles. The predicted octanol–water partition coefficient (Wildman–Crippen LogP) is 2.47. The van der Waals surface area contributed by atoms with Crippen LogP contribution in [0.3, 0.4) is 0 Å². The first kappa shape index (κ1) is 9.70. The molecule has 0 saturated carbocycles. The second-order valence-corrected chi connectivity index (χ2v) is 2.95. The van der Waals surface area contributed by atoms with Crippen LogP contribution in [0.2, 0.25) is 0 Å². The molecule has 0 heterocycles. The number of unbranched alkanes of at least 4 members (excludes halogenated alkanes) is 2. The average Bonchev–Trinajstić information content (AvgIpc) is 1.88. The molecule has 0 spiro atoms. The van der Waals surface area contributed by atoms with Crippen molar-refractivity contribution < 1.29 is 0 Å². The maximum atomic E-state index is 5.76. The maximum Gasteiger partial charge on any atom is 0.0248 e. The van der Waals surface area contributed by atoms with Gasteiger partial charge in [0.05, 0.1) is 0 Å². The van der Waals surface area contributed by atoms with E-state index in [1.807, 2.05) is 6.92 Å². The Morgan fingerprint density at radius 3 is 2.50 bits per heavy atom. The van der Waals surface area contributed by atoms with Crippen LogP contribution < -0.4 is 5.73 Å². The first-order valence-corrected chi connectivity index (χ1v) is 4.09. The number of rotatable bonds is 5. The molecule has 2 N–H and O–H groups in total. The van der Waals surface area contributed by atoms with E-state index in [0.29, 0.717) is 0 Å². The number of hydrogen-bond acceptors (Lipinski definition) is 1. The van der Waals surface area contributed by atoms with E-state index < -0.39 is 0 Å². The van der Waals surface area contributed by atoms with Gasteiger partial charge in [-0.1, -0.05) is 38.3 Å². The van der Waals surface area contributed by atoms with Crippen LogP contribution in [0.1, 0.15) is 39.5 Å². The van der Waals surface area contributed by atoms with E-state index in [2.05, 4.69) is 13.5 Å². The van der Waals surface area contributed by atoms with Gasteiger partial charge in [-0.2, -0.15) is 0 Å². The normalized spacial score (nSPS) is 13.1. The summed E-state index contributed by atoms with van der Waals surface area (Å²) in [5.74, 6) is 0. The van der Waals surface area contributed by atoms with E-state index in [4.69, 9.17) is 5.73 Å². The summed E-state index contributed by atoms with van der Waals surface area (Å²) >= 11 is 0. The van der Waals surface area contributed by atoms with Crippen LogP contribution in [0, 0.1) is 0 Å². The van der Waals surface area contributed by atoms with Crippen molar-refractivity contribution in [2.24, 2.45) is 5.73 Å². The molecule has 0 aromatic rings. The van der Waals surface area contributed by atoms with Crippen LogP contribution in [0.15, 0.2) is 12.2 Å². The van der Waals surface area contributed by atoms with Crippen LogP contribution in [-0.4, -0.2) is 6.04 Å². The molecule has 1 atom stereocenters. The van der Waals surface area contributed by atoms with Crippen LogP contribution in [0.5, 0.6) is 0 Å². The maximum absolute atomic E-state index is 5.76. The first-order chi connectivity index (χ1) is 4.68. The molecule has 1 nitrogen and oxygen atoms in total. The van der Waals surface area contributed by atoms with E-state index in [-0.39, 0.29) is 6.04 Å². The third kappa shape index (κ3) is 4.57. The highest BCUT2D eigenvalue weighted by molar-refractivity contribution is 4.99. The average molecular weight is 141 g/mol. The summed E-state index contributed by atoms with van der Waals surface area (Å²) in [4.78, 5) is 0.